The van der Waals surface area contributed by atoms with Crippen LogP contribution in [0.1, 0.15) is 26.7 Å². The highest BCUT2D eigenvalue weighted by atomic mass is 32.2. The Bertz CT molecular complexity index is 760. The number of thioether (sulfide) groups is 1. The quantitative estimate of drug-likeness (QED) is 0.453. The number of amides is 2. The third kappa shape index (κ3) is 6.11. The standard InChI is InChI=1S/C24H34N2O4S/c1-19(9-10-22(27)25-11-15-29-16-12-25)24(3,31-21-7-5-4-6-8-21)20(2)23(28)26-13-17-30-18-14-26/h4-8,20H,1,9-18H2,2-3H3/t20-,24-/m0/s1. The van der Waals surface area contributed by atoms with E-state index in [0.717, 1.165) is 10.5 Å². The van der Waals surface area contributed by atoms with Gasteiger partial charge in [0.2, 0.25) is 11.8 Å². The third-order valence-electron chi connectivity index (χ3n) is 6.30. The van der Waals surface area contributed by atoms with E-state index in [1.807, 2.05) is 34.9 Å². The second-order valence-electron chi connectivity index (χ2n) is 8.28. The number of nitrogens with zero attached hydrogens (tertiary/aromatic N) is 2. The van der Waals surface area contributed by atoms with Crippen molar-refractivity contribution >= 4 is 23.6 Å². The maximum atomic E-state index is 13.4. The van der Waals surface area contributed by atoms with E-state index in [9.17, 15) is 9.59 Å². The molecule has 2 atom stereocenters. The normalized spacial score (nSPS) is 20.1. The molecule has 31 heavy (non-hydrogen) atoms. The van der Waals surface area contributed by atoms with Gasteiger partial charge in [0.25, 0.3) is 0 Å². The number of hydrogen-bond donors (Lipinski definition) is 0. The molecule has 2 aliphatic heterocycles. The van der Waals surface area contributed by atoms with Crippen molar-refractivity contribution in [3.8, 4) is 0 Å². The molecule has 2 fully saturated rings. The maximum absolute atomic E-state index is 13.4. The smallest absolute Gasteiger partial charge is 0.227 e. The Balaban J connectivity index is 1.73. The van der Waals surface area contributed by atoms with Gasteiger partial charge in [-0.3, -0.25) is 9.59 Å². The van der Waals surface area contributed by atoms with Gasteiger partial charge in [0, 0.05) is 42.2 Å². The molecular weight excluding hydrogens is 412 g/mol. The number of carbonyl (C=O) groups is 2. The minimum Gasteiger partial charge on any atom is -0.378 e. The average Bonchev–Trinajstić information content (AvgIpc) is 2.83. The van der Waals surface area contributed by atoms with Crippen LogP contribution in [-0.2, 0) is 19.1 Å². The molecule has 3 rings (SSSR count). The van der Waals surface area contributed by atoms with Crippen LogP contribution in [0.5, 0.6) is 0 Å². The average molecular weight is 447 g/mol. The first kappa shape index (κ1) is 23.8. The topological polar surface area (TPSA) is 59.1 Å². The number of benzene rings is 1. The van der Waals surface area contributed by atoms with Crippen molar-refractivity contribution in [3.05, 3.63) is 42.5 Å². The molecule has 2 aliphatic rings. The minimum absolute atomic E-state index is 0.120. The Morgan fingerprint density at radius 3 is 2.13 bits per heavy atom. The van der Waals surface area contributed by atoms with Gasteiger partial charge in [-0.2, -0.15) is 0 Å². The van der Waals surface area contributed by atoms with Gasteiger partial charge >= 0.3 is 0 Å². The van der Waals surface area contributed by atoms with Crippen LogP contribution in [0.4, 0.5) is 0 Å². The van der Waals surface area contributed by atoms with Gasteiger partial charge in [-0.15, -0.1) is 11.8 Å². The summed E-state index contributed by atoms with van der Waals surface area (Å²) >= 11 is 1.66. The van der Waals surface area contributed by atoms with E-state index >= 15 is 0 Å². The van der Waals surface area contributed by atoms with Crippen LogP contribution in [0.2, 0.25) is 0 Å². The molecule has 0 radical (unpaired) electrons. The van der Waals surface area contributed by atoms with Crippen molar-refractivity contribution in [2.24, 2.45) is 5.92 Å². The summed E-state index contributed by atoms with van der Waals surface area (Å²) in [5, 5.41) is 0. The Hall–Kier alpha value is -1.83. The van der Waals surface area contributed by atoms with Crippen LogP contribution in [-0.4, -0.2) is 79.0 Å². The van der Waals surface area contributed by atoms with E-state index in [1.165, 1.54) is 0 Å². The van der Waals surface area contributed by atoms with Crippen molar-refractivity contribution in [1.82, 2.24) is 9.80 Å². The summed E-state index contributed by atoms with van der Waals surface area (Å²) in [5.41, 5.74) is 0.928. The summed E-state index contributed by atoms with van der Waals surface area (Å²) < 4.78 is 10.2. The molecule has 0 unspecified atom stereocenters. The lowest BCUT2D eigenvalue weighted by Crippen LogP contribution is -2.48. The summed E-state index contributed by atoms with van der Waals surface area (Å²) in [7, 11) is 0. The zero-order valence-electron chi connectivity index (χ0n) is 18.7. The molecule has 170 valence electrons. The fraction of sp³-hybridized carbons (Fsp3) is 0.583. The van der Waals surface area contributed by atoms with E-state index in [2.05, 4.69) is 25.6 Å². The fourth-order valence-corrected chi connectivity index (χ4v) is 5.28. The highest BCUT2D eigenvalue weighted by Gasteiger charge is 2.41. The molecule has 6 nitrogen and oxygen atoms in total. The monoisotopic (exact) mass is 446 g/mol. The third-order valence-corrected chi connectivity index (χ3v) is 7.87. The molecule has 0 aliphatic carbocycles. The van der Waals surface area contributed by atoms with Crippen LogP contribution < -0.4 is 0 Å². The minimum atomic E-state index is -0.526. The SMILES string of the molecule is C=C(CCC(=O)N1CCOCC1)[C@](C)(Sc1ccccc1)[C@@H](C)C(=O)N1CCOCC1. The molecule has 0 aromatic heterocycles. The highest BCUT2D eigenvalue weighted by molar-refractivity contribution is 8.01. The molecule has 2 heterocycles. The van der Waals surface area contributed by atoms with Crippen molar-refractivity contribution in [2.45, 2.75) is 36.3 Å². The summed E-state index contributed by atoms with van der Waals surface area (Å²) in [6.45, 7) is 13.3. The van der Waals surface area contributed by atoms with Crippen LogP contribution in [0.15, 0.2) is 47.4 Å². The lowest BCUT2D eigenvalue weighted by Gasteiger charge is -2.40. The predicted molar refractivity (Wildman–Crippen MR) is 123 cm³/mol. The Morgan fingerprint density at radius 1 is 1.00 bits per heavy atom. The second kappa shape index (κ2) is 11.2. The molecule has 0 N–H and O–H groups in total. The first-order chi connectivity index (χ1) is 14.9. The van der Waals surface area contributed by atoms with Gasteiger partial charge in [0.15, 0.2) is 0 Å². The molecule has 2 amide bonds. The van der Waals surface area contributed by atoms with Crippen molar-refractivity contribution in [2.75, 3.05) is 52.6 Å². The number of morpholine rings is 2. The van der Waals surface area contributed by atoms with Crippen LogP contribution in [0, 0.1) is 5.92 Å². The van der Waals surface area contributed by atoms with Gasteiger partial charge in [0.1, 0.15) is 0 Å². The Morgan fingerprint density at radius 2 is 1.55 bits per heavy atom. The molecule has 7 heteroatoms. The first-order valence-corrected chi connectivity index (χ1v) is 11.9. The number of rotatable bonds is 8. The lowest BCUT2D eigenvalue weighted by molar-refractivity contribution is -0.139. The summed E-state index contributed by atoms with van der Waals surface area (Å²) in [6.07, 6.45) is 0.968. The van der Waals surface area contributed by atoms with Gasteiger partial charge in [-0.05, 0) is 25.5 Å². The number of hydrogen-bond acceptors (Lipinski definition) is 5. The molecule has 0 bridgehead atoms. The van der Waals surface area contributed by atoms with Crippen LogP contribution in [0.25, 0.3) is 0 Å². The predicted octanol–water partition coefficient (Wildman–Crippen LogP) is 3.23. The van der Waals surface area contributed by atoms with E-state index < -0.39 is 4.75 Å². The second-order valence-corrected chi connectivity index (χ2v) is 9.80. The first-order valence-electron chi connectivity index (χ1n) is 11.1. The molecule has 0 saturated carbocycles. The number of ether oxygens (including phenoxy) is 2. The molecule has 1 aromatic rings. The largest absolute Gasteiger partial charge is 0.378 e. The van der Waals surface area contributed by atoms with Gasteiger partial charge in [0.05, 0.1) is 32.3 Å². The lowest BCUT2D eigenvalue weighted by atomic mass is 9.84. The Kier molecular flexibility index (Phi) is 8.58. The van der Waals surface area contributed by atoms with E-state index in [1.54, 1.807) is 11.8 Å². The summed E-state index contributed by atoms with van der Waals surface area (Å²) in [4.78, 5) is 30.9. The fourth-order valence-electron chi connectivity index (χ4n) is 3.97. The van der Waals surface area contributed by atoms with Crippen LogP contribution >= 0.6 is 11.8 Å². The highest BCUT2D eigenvalue weighted by Crippen LogP contribution is 2.45. The van der Waals surface area contributed by atoms with Crippen molar-refractivity contribution in [3.63, 3.8) is 0 Å². The van der Waals surface area contributed by atoms with Crippen molar-refractivity contribution in [1.29, 1.82) is 0 Å². The van der Waals surface area contributed by atoms with E-state index in [0.29, 0.717) is 65.4 Å². The summed E-state index contributed by atoms with van der Waals surface area (Å²) in [6, 6.07) is 10.1. The Labute approximate surface area is 189 Å². The zero-order chi connectivity index (χ0) is 22.3. The van der Waals surface area contributed by atoms with Gasteiger partial charge in [-0.1, -0.05) is 37.3 Å². The molecular formula is C24H34N2O4S. The van der Waals surface area contributed by atoms with E-state index in [4.69, 9.17) is 9.47 Å². The molecule has 0 spiro atoms. The molecule has 1 aromatic carbocycles. The zero-order valence-corrected chi connectivity index (χ0v) is 19.5. The van der Waals surface area contributed by atoms with Crippen LogP contribution in [0.3, 0.4) is 0 Å². The maximum Gasteiger partial charge on any atom is 0.227 e. The van der Waals surface area contributed by atoms with Gasteiger partial charge in [-0.25, -0.2) is 0 Å². The molecule has 2 saturated heterocycles. The van der Waals surface area contributed by atoms with Crippen molar-refractivity contribution < 1.29 is 19.1 Å². The van der Waals surface area contributed by atoms with Gasteiger partial charge < -0.3 is 19.3 Å². The van der Waals surface area contributed by atoms with E-state index in [-0.39, 0.29) is 17.7 Å². The summed E-state index contributed by atoms with van der Waals surface area (Å²) in [5.74, 6) is -0.0275. The number of carbonyl (C=O) groups excluding carboxylic acids is 2.